The smallest absolute Gasteiger partial charge is 0.410 e. The normalized spacial score (nSPS) is 19.1. The molecule has 8 heteroatoms. The zero-order valence-electron chi connectivity index (χ0n) is 13.3. The van der Waals surface area contributed by atoms with Crippen molar-refractivity contribution in [1.82, 2.24) is 10.2 Å². The molecule has 0 radical (unpaired) electrons. The molecule has 5 nitrogen and oxygen atoms in total. The lowest BCUT2D eigenvalue weighted by molar-refractivity contribution is -0.126. The molecule has 0 aromatic carbocycles. The van der Waals surface area contributed by atoms with Crippen molar-refractivity contribution in [3.05, 3.63) is 0 Å². The fourth-order valence-electron chi connectivity index (χ4n) is 2.35. The summed E-state index contributed by atoms with van der Waals surface area (Å²) in [5, 5.41) is 11.9. The van der Waals surface area contributed by atoms with Gasteiger partial charge in [-0.25, -0.2) is 4.79 Å². The number of nitrogens with zero attached hydrogens (tertiary/aromatic N) is 1. The molecule has 130 valence electrons. The maximum Gasteiger partial charge on any atom is 0.410 e. The number of amides is 1. The summed E-state index contributed by atoms with van der Waals surface area (Å²) < 4.78 is 41.8. The van der Waals surface area contributed by atoms with Gasteiger partial charge in [-0.15, -0.1) is 0 Å². The van der Waals surface area contributed by atoms with Gasteiger partial charge < -0.3 is 20.1 Å². The van der Waals surface area contributed by atoms with Crippen LogP contribution in [0.5, 0.6) is 0 Å². The monoisotopic (exact) mass is 326 g/mol. The highest BCUT2D eigenvalue weighted by Gasteiger charge is 2.37. The molecule has 2 N–H and O–H groups in total. The summed E-state index contributed by atoms with van der Waals surface area (Å²) in [6.45, 7) is 4.83. The molecule has 0 bridgehead atoms. The third-order valence-electron chi connectivity index (χ3n) is 3.64. The molecule has 22 heavy (non-hydrogen) atoms. The number of carbonyl (C=O) groups is 1. The number of piperidine rings is 1. The van der Waals surface area contributed by atoms with Crippen LogP contribution in [0.4, 0.5) is 18.0 Å². The second-order valence-electron chi connectivity index (χ2n) is 6.84. The van der Waals surface area contributed by atoms with Gasteiger partial charge >= 0.3 is 12.3 Å². The van der Waals surface area contributed by atoms with Gasteiger partial charge in [0.05, 0.1) is 13.2 Å². The van der Waals surface area contributed by atoms with E-state index in [1.165, 1.54) is 4.90 Å². The summed E-state index contributed by atoms with van der Waals surface area (Å²) in [5.74, 6) is 0. The van der Waals surface area contributed by atoms with Crippen LogP contribution in [0.15, 0.2) is 0 Å². The topological polar surface area (TPSA) is 61.8 Å². The maximum absolute atomic E-state index is 12.2. The Kier molecular flexibility index (Phi) is 6.09. The molecule has 1 aliphatic heterocycles. The largest absolute Gasteiger partial charge is 0.444 e. The van der Waals surface area contributed by atoms with E-state index in [0.29, 0.717) is 25.9 Å². The average Bonchev–Trinajstić information content (AvgIpc) is 2.36. The number of alkyl halides is 3. The Morgan fingerprint density at radius 1 is 1.27 bits per heavy atom. The number of ether oxygens (including phenoxy) is 1. The van der Waals surface area contributed by atoms with Gasteiger partial charge in [0.2, 0.25) is 0 Å². The highest BCUT2D eigenvalue weighted by molar-refractivity contribution is 5.68. The Morgan fingerprint density at radius 2 is 1.82 bits per heavy atom. The van der Waals surface area contributed by atoms with Crippen LogP contribution >= 0.6 is 0 Å². The predicted molar refractivity (Wildman–Crippen MR) is 75.5 cm³/mol. The van der Waals surface area contributed by atoms with E-state index in [0.717, 1.165) is 0 Å². The Balaban J connectivity index is 2.48. The fourth-order valence-corrected chi connectivity index (χ4v) is 2.35. The highest BCUT2D eigenvalue weighted by atomic mass is 19.4. The van der Waals surface area contributed by atoms with Crippen molar-refractivity contribution < 1.29 is 27.8 Å². The summed E-state index contributed by atoms with van der Waals surface area (Å²) >= 11 is 0. The Hall–Kier alpha value is -1.02. The predicted octanol–water partition coefficient (Wildman–Crippen LogP) is 2.15. The van der Waals surface area contributed by atoms with Crippen LogP contribution in [0.2, 0.25) is 0 Å². The van der Waals surface area contributed by atoms with E-state index in [2.05, 4.69) is 5.32 Å². The van der Waals surface area contributed by atoms with Gasteiger partial charge in [-0.1, -0.05) is 0 Å². The van der Waals surface area contributed by atoms with Gasteiger partial charge in [-0.05, 0) is 33.6 Å². The van der Waals surface area contributed by atoms with Gasteiger partial charge in [-0.3, -0.25) is 0 Å². The summed E-state index contributed by atoms with van der Waals surface area (Å²) in [6.07, 6.45) is -3.82. The van der Waals surface area contributed by atoms with Crippen LogP contribution in [0.1, 0.15) is 33.6 Å². The Bertz CT molecular complexity index is 373. The van der Waals surface area contributed by atoms with E-state index in [1.54, 1.807) is 20.8 Å². The molecule has 0 aromatic rings. The minimum absolute atomic E-state index is 0.0746. The lowest BCUT2D eigenvalue weighted by Gasteiger charge is -2.41. The molecule has 0 aromatic heterocycles. The molecule has 0 atom stereocenters. The highest BCUT2D eigenvalue weighted by Crippen LogP contribution is 2.31. The number of carbonyl (C=O) groups excluding carboxylic acids is 1. The quantitative estimate of drug-likeness (QED) is 0.831. The molecule has 1 heterocycles. The van der Waals surface area contributed by atoms with Crippen molar-refractivity contribution in [3.63, 3.8) is 0 Å². The third-order valence-corrected chi connectivity index (χ3v) is 3.64. The van der Waals surface area contributed by atoms with Crippen molar-refractivity contribution >= 4 is 6.09 Å². The second-order valence-corrected chi connectivity index (χ2v) is 6.84. The van der Waals surface area contributed by atoms with Crippen LogP contribution in [0.25, 0.3) is 0 Å². The molecule has 1 saturated heterocycles. The molecule has 0 aliphatic carbocycles. The average molecular weight is 326 g/mol. The first-order valence-corrected chi connectivity index (χ1v) is 7.33. The van der Waals surface area contributed by atoms with Crippen molar-refractivity contribution in [1.29, 1.82) is 0 Å². The number of hydrogen-bond acceptors (Lipinski definition) is 4. The van der Waals surface area contributed by atoms with E-state index in [-0.39, 0.29) is 13.2 Å². The first-order chi connectivity index (χ1) is 9.96. The van der Waals surface area contributed by atoms with Gasteiger partial charge in [0.1, 0.15) is 5.60 Å². The van der Waals surface area contributed by atoms with E-state index in [1.807, 2.05) is 0 Å². The molecular weight excluding hydrogens is 301 g/mol. The molecule has 1 rings (SSSR count). The van der Waals surface area contributed by atoms with E-state index < -0.39 is 29.8 Å². The number of likely N-dealkylation sites (tertiary alicyclic amines) is 1. The minimum Gasteiger partial charge on any atom is -0.444 e. The number of nitrogens with one attached hydrogen (secondary N) is 1. The fraction of sp³-hybridized carbons (Fsp3) is 0.929. The third kappa shape index (κ3) is 6.39. The van der Waals surface area contributed by atoms with Gasteiger partial charge in [-0.2, -0.15) is 13.2 Å². The van der Waals surface area contributed by atoms with Gasteiger partial charge in [0, 0.05) is 25.0 Å². The zero-order chi connectivity index (χ0) is 17.0. The second kappa shape index (κ2) is 7.04. The van der Waals surface area contributed by atoms with Gasteiger partial charge in [0.15, 0.2) is 0 Å². The SMILES string of the molecule is CC(C)(C)OC(=O)N1CCC(CO)(CNCC(F)(F)F)CC1. The number of aliphatic hydroxyl groups excluding tert-OH is 1. The summed E-state index contributed by atoms with van der Waals surface area (Å²) in [4.78, 5) is 13.5. The van der Waals surface area contributed by atoms with Gasteiger partial charge in [0.25, 0.3) is 0 Å². The van der Waals surface area contributed by atoms with Crippen LogP contribution in [0.3, 0.4) is 0 Å². The first kappa shape index (κ1) is 19.0. The van der Waals surface area contributed by atoms with E-state index in [4.69, 9.17) is 4.74 Å². The van der Waals surface area contributed by atoms with Crippen molar-refractivity contribution in [2.45, 2.75) is 45.4 Å². The van der Waals surface area contributed by atoms with Crippen LogP contribution in [0, 0.1) is 5.41 Å². The maximum atomic E-state index is 12.2. The van der Waals surface area contributed by atoms with Crippen molar-refractivity contribution in [2.24, 2.45) is 5.41 Å². The molecule has 0 spiro atoms. The van der Waals surface area contributed by atoms with Crippen LogP contribution in [-0.2, 0) is 4.74 Å². The zero-order valence-corrected chi connectivity index (χ0v) is 13.3. The van der Waals surface area contributed by atoms with Crippen molar-refractivity contribution in [3.8, 4) is 0 Å². The van der Waals surface area contributed by atoms with Crippen LogP contribution < -0.4 is 5.32 Å². The van der Waals surface area contributed by atoms with Crippen LogP contribution in [-0.4, -0.2) is 60.7 Å². The minimum atomic E-state index is -4.27. The summed E-state index contributed by atoms with van der Waals surface area (Å²) in [6, 6.07) is 0. The summed E-state index contributed by atoms with van der Waals surface area (Å²) in [7, 11) is 0. The standard InChI is InChI=1S/C14H25F3N2O3/c1-12(2,3)22-11(21)19-6-4-13(10-20,5-7-19)8-18-9-14(15,16)17/h18,20H,4-10H2,1-3H3. The first-order valence-electron chi connectivity index (χ1n) is 7.33. The number of rotatable bonds is 4. The number of hydrogen-bond donors (Lipinski definition) is 2. The summed E-state index contributed by atoms with van der Waals surface area (Å²) in [5.41, 5.74) is -1.21. The molecule has 1 aliphatic rings. The molecule has 1 fully saturated rings. The molecule has 0 unspecified atom stereocenters. The molecular formula is C14H25F3N2O3. The number of halogens is 3. The van der Waals surface area contributed by atoms with Crippen molar-refractivity contribution in [2.75, 3.05) is 32.8 Å². The lowest BCUT2D eigenvalue weighted by Crippen LogP contribution is -2.50. The molecule has 0 saturated carbocycles. The Labute approximate surface area is 128 Å². The molecule has 1 amide bonds. The lowest BCUT2D eigenvalue weighted by atomic mass is 9.79. The number of aliphatic hydroxyl groups is 1. The Morgan fingerprint density at radius 3 is 2.23 bits per heavy atom. The van der Waals surface area contributed by atoms with E-state index >= 15 is 0 Å². The van der Waals surface area contributed by atoms with E-state index in [9.17, 15) is 23.1 Å².